The largest absolute Gasteiger partial charge is 0.504 e. The molecule has 1 atom stereocenters. The minimum atomic E-state index is -0.000880. The Hall–Kier alpha value is -1.42. The maximum Gasteiger partial charge on any atom is 0.219 e. The lowest BCUT2D eigenvalue weighted by Gasteiger charge is -2.17. The van der Waals surface area contributed by atoms with Gasteiger partial charge in [0.05, 0.1) is 6.61 Å². The van der Waals surface area contributed by atoms with Crippen LogP contribution in [0.4, 0.5) is 0 Å². The van der Waals surface area contributed by atoms with E-state index in [9.17, 15) is 9.90 Å². The molecule has 3 rings (SSSR count). The summed E-state index contributed by atoms with van der Waals surface area (Å²) in [5.41, 5.74) is 2.64. The SMILES string of the molecule is CSC(=O)c1cc(O)c2c3c1CC=CC3CO2. The van der Waals surface area contributed by atoms with Gasteiger partial charge in [-0.3, -0.25) is 4.79 Å². The van der Waals surface area contributed by atoms with E-state index in [1.165, 1.54) is 17.8 Å². The Bertz CT molecular complexity index is 534. The second kappa shape index (κ2) is 3.81. The number of ether oxygens (including phenoxy) is 1. The number of thioether (sulfide) groups is 1. The lowest BCUT2D eigenvalue weighted by Crippen LogP contribution is -2.08. The first-order valence-corrected chi connectivity index (χ1v) is 6.71. The van der Waals surface area contributed by atoms with Crippen molar-refractivity contribution in [3.63, 3.8) is 0 Å². The van der Waals surface area contributed by atoms with E-state index in [0.717, 1.165) is 17.5 Å². The second-order valence-corrected chi connectivity index (χ2v) is 4.99. The third-order valence-electron chi connectivity index (χ3n) is 3.28. The van der Waals surface area contributed by atoms with Crippen LogP contribution in [0, 0.1) is 0 Å². The molecule has 17 heavy (non-hydrogen) atoms. The highest BCUT2D eigenvalue weighted by atomic mass is 32.2. The molecule has 0 bridgehead atoms. The topological polar surface area (TPSA) is 46.5 Å². The summed E-state index contributed by atoms with van der Waals surface area (Å²) in [4.78, 5) is 11.9. The summed E-state index contributed by atoms with van der Waals surface area (Å²) in [7, 11) is 0. The Kier molecular flexibility index (Phi) is 2.40. The number of carbonyl (C=O) groups excluding carboxylic acids is 1. The van der Waals surface area contributed by atoms with E-state index in [2.05, 4.69) is 12.2 Å². The van der Waals surface area contributed by atoms with Crippen molar-refractivity contribution >= 4 is 16.9 Å². The number of allylic oxidation sites excluding steroid dienone is 1. The van der Waals surface area contributed by atoms with E-state index < -0.39 is 0 Å². The first-order chi connectivity index (χ1) is 8.22. The summed E-state index contributed by atoms with van der Waals surface area (Å²) in [6.07, 6.45) is 6.65. The predicted octanol–water partition coefficient (Wildman–Crippen LogP) is 2.48. The Labute approximate surface area is 103 Å². The van der Waals surface area contributed by atoms with Crippen LogP contribution in [0.3, 0.4) is 0 Å². The van der Waals surface area contributed by atoms with Gasteiger partial charge in [-0.1, -0.05) is 23.9 Å². The Balaban J connectivity index is 2.25. The minimum absolute atomic E-state index is 0.000880. The zero-order chi connectivity index (χ0) is 12.0. The molecule has 1 unspecified atom stereocenters. The maximum atomic E-state index is 11.9. The second-order valence-electron chi connectivity index (χ2n) is 4.21. The van der Waals surface area contributed by atoms with Gasteiger partial charge in [0.2, 0.25) is 5.12 Å². The van der Waals surface area contributed by atoms with Crippen LogP contribution in [0.1, 0.15) is 27.4 Å². The summed E-state index contributed by atoms with van der Waals surface area (Å²) in [5.74, 6) is 0.834. The molecule has 0 spiro atoms. The molecule has 0 saturated heterocycles. The van der Waals surface area contributed by atoms with Crippen molar-refractivity contribution in [3.8, 4) is 11.5 Å². The van der Waals surface area contributed by atoms with Crippen molar-refractivity contribution in [2.24, 2.45) is 0 Å². The van der Waals surface area contributed by atoms with Crippen LogP contribution in [-0.4, -0.2) is 23.1 Å². The van der Waals surface area contributed by atoms with Crippen LogP contribution in [0.2, 0.25) is 0 Å². The molecule has 1 aromatic carbocycles. The molecule has 0 fully saturated rings. The molecule has 0 radical (unpaired) electrons. The molecule has 1 heterocycles. The van der Waals surface area contributed by atoms with Crippen molar-refractivity contribution in [2.45, 2.75) is 12.3 Å². The predicted molar refractivity (Wildman–Crippen MR) is 67.0 cm³/mol. The summed E-state index contributed by atoms with van der Waals surface area (Å²) in [6.45, 7) is 0.559. The van der Waals surface area contributed by atoms with Gasteiger partial charge in [-0.2, -0.15) is 0 Å². The van der Waals surface area contributed by atoms with Gasteiger partial charge in [-0.05, 0) is 24.3 Å². The van der Waals surface area contributed by atoms with E-state index >= 15 is 0 Å². The van der Waals surface area contributed by atoms with E-state index in [1.807, 2.05) is 0 Å². The van der Waals surface area contributed by atoms with Crippen LogP contribution in [0.15, 0.2) is 18.2 Å². The quantitative estimate of drug-likeness (QED) is 0.776. The Morgan fingerprint density at radius 1 is 1.59 bits per heavy atom. The molecule has 2 aliphatic rings. The fraction of sp³-hybridized carbons (Fsp3) is 0.308. The highest BCUT2D eigenvalue weighted by Gasteiger charge is 2.32. The molecule has 3 nitrogen and oxygen atoms in total. The van der Waals surface area contributed by atoms with Gasteiger partial charge in [0.25, 0.3) is 0 Å². The molecular formula is C13H12O3S. The highest BCUT2D eigenvalue weighted by molar-refractivity contribution is 8.13. The van der Waals surface area contributed by atoms with Crippen LogP contribution >= 0.6 is 11.8 Å². The van der Waals surface area contributed by atoms with Crippen molar-refractivity contribution < 1.29 is 14.6 Å². The summed E-state index contributed by atoms with van der Waals surface area (Å²) in [5, 5.41) is 9.91. The number of hydrogen-bond donors (Lipinski definition) is 1. The van der Waals surface area contributed by atoms with E-state index in [0.29, 0.717) is 17.9 Å². The number of carbonyl (C=O) groups is 1. The lowest BCUT2D eigenvalue weighted by molar-refractivity contribution is 0.108. The summed E-state index contributed by atoms with van der Waals surface area (Å²) < 4.78 is 5.50. The van der Waals surface area contributed by atoms with Gasteiger partial charge in [0.1, 0.15) is 0 Å². The zero-order valence-electron chi connectivity index (χ0n) is 9.40. The monoisotopic (exact) mass is 248 g/mol. The molecule has 88 valence electrons. The molecule has 1 aliphatic heterocycles. The molecule has 1 N–H and O–H groups in total. The smallest absolute Gasteiger partial charge is 0.219 e. The van der Waals surface area contributed by atoms with E-state index in [-0.39, 0.29) is 16.8 Å². The Morgan fingerprint density at radius 3 is 3.18 bits per heavy atom. The lowest BCUT2D eigenvalue weighted by atomic mass is 9.86. The van der Waals surface area contributed by atoms with Crippen molar-refractivity contribution in [1.29, 1.82) is 0 Å². The van der Waals surface area contributed by atoms with Gasteiger partial charge in [0, 0.05) is 17.0 Å². The molecule has 1 aliphatic carbocycles. The van der Waals surface area contributed by atoms with Gasteiger partial charge in [-0.15, -0.1) is 0 Å². The highest BCUT2D eigenvalue weighted by Crippen LogP contribution is 2.47. The van der Waals surface area contributed by atoms with Gasteiger partial charge in [0.15, 0.2) is 11.5 Å². The van der Waals surface area contributed by atoms with Gasteiger partial charge in [-0.25, -0.2) is 0 Å². The van der Waals surface area contributed by atoms with Gasteiger partial charge < -0.3 is 9.84 Å². The third kappa shape index (κ3) is 1.47. The van der Waals surface area contributed by atoms with Crippen LogP contribution in [-0.2, 0) is 6.42 Å². The van der Waals surface area contributed by atoms with Gasteiger partial charge >= 0.3 is 0 Å². The number of hydrogen-bond acceptors (Lipinski definition) is 4. The summed E-state index contributed by atoms with van der Waals surface area (Å²) >= 11 is 1.17. The molecule has 4 heteroatoms. The fourth-order valence-corrected chi connectivity index (χ4v) is 2.93. The summed E-state index contributed by atoms with van der Waals surface area (Å²) in [6, 6.07) is 1.54. The normalized spacial score (nSPS) is 19.9. The number of phenolic OH excluding ortho intramolecular Hbond substituents is 1. The molecule has 0 aromatic heterocycles. The van der Waals surface area contributed by atoms with Crippen molar-refractivity contribution in [3.05, 3.63) is 34.9 Å². The molecule has 0 amide bonds. The number of phenols is 1. The zero-order valence-corrected chi connectivity index (χ0v) is 10.2. The number of benzene rings is 1. The number of rotatable bonds is 1. The van der Waals surface area contributed by atoms with Crippen molar-refractivity contribution in [2.75, 3.05) is 12.9 Å². The molecular weight excluding hydrogens is 236 g/mol. The third-order valence-corrected chi connectivity index (χ3v) is 3.87. The van der Waals surface area contributed by atoms with Crippen LogP contribution < -0.4 is 4.74 Å². The number of aromatic hydroxyl groups is 1. The maximum absolute atomic E-state index is 11.9. The van der Waals surface area contributed by atoms with E-state index in [4.69, 9.17) is 4.74 Å². The average molecular weight is 248 g/mol. The molecule has 1 aromatic rings. The first-order valence-electron chi connectivity index (χ1n) is 5.49. The average Bonchev–Trinajstić information content (AvgIpc) is 2.78. The van der Waals surface area contributed by atoms with Crippen LogP contribution in [0.5, 0.6) is 11.5 Å². The fourth-order valence-electron chi connectivity index (χ4n) is 2.52. The van der Waals surface area contributed by atoms with Crippen LogP contribution in [0.25, 0.3) is 0 Å². The standard InChI is InChI=1S/C13H12O3S/c1-17-13(15)9-5-10(14)12-11-7(6-16-12)3-2-4-8(9)11/h2-3,5,7,14H,4,6H2,1H3. The van der Waals surface area contributed by atoms with Crippen molar-refractivity contribution in [1.82, 2.24) is 0 Å². The minimum Gasteiger partial charge on any atom is -0.504 e. The molecule has 0 saturated carbocycles. The Morgan fingerprint density at radius 2 is 2.41 bits per heavy atom. The van der Waals surface area contributed by atoms with E-state index in [1.54, 1.807) is 6.26 Å². The first kappa shape index (κ1) is 10.7.